The van der Waals surface area contributed by atoms with Crippen LogP contribution in [0.3, 0.4) is 0 Å². The number of rotatable bonds is 6. The molecule has 0 radical (unpaired) electrons. The molecular weight excluding hydrogens is 352 g/mol. The molecule has 0 unspecified atom stereocenters. The highest BCUT2D eigenvalue weighted by Crippen LogP contribution is 2.17. The molecule has 0 aliphatic carbocycles. The van der Waals surface area contributed by atoms with Crippen LogP contribution in [0.5, 0.6) is 0 Å². The summed E-state index contributed by atoms with van der Waals surface area (Å²) in [4.78, 5) is 38.0. The van der Waals surface area contributed by atoms with Crippen LogP contribution in [0.15, 0.2) is 78.9 Å². The van der Waals surface area contributed by atoms with Gasteiger partial charge < -0.3 is 4.74 Å². The van der Waals surface area contributed by atoms with Gasteiger partial charge in [0.25, 0.3) is 0 Å². The third-order valence-corrected chi connectivity index (χ3v) is 4.42. The molecule has 1 atom stereocenters. The zero-order chi connectivity index (χ0) is 20.1. The van der Waals surface area contributed by atoms with Crippen LogP contribution in [0.2, 0.25) is 0 Å². The summed E-state index contributed by atoms with van der Waals surface area (Å²) in [6.07, 6.45) is -0.963. The van der Waals surface area contributed by atoms with E-state index in [9.17, 15) is 14.4 Å². The zero-order valence-corrected chi connectivity index (χ0v) is 15.7. The molecule has 4 nitrogen and oxygen atoms in total. The molecule has 0 spiro atoms. The van der Waals surface area contributed by atoms with Gasteiger partial charge in [-0.25, -0.2) is 4.79 Å². The van der Waals surface area contributed by atoms with E-state index in [0.717, 1.165) is 5.56 Å². The van der Waals surface area contributed by atoms with Crippen LogP contribution in [0.1, 0.15) is 49.1 Å². The normalized spacial score (nSPS) is 11.5. The first-order valence-corrected chi connectivity index (χ1v) is 8.98. The SMILES string of the molecule is Cc1ccc(C(=O)[C@@H](C)OC(=O)c2ccccc2C(=O)c2ccccc2)cc1. The molecule has 3 aromatic rings. The van der Waals surface area contributed by atoms with Crippen LogP contribution >= 0.6 is 0 Å². The molecule has 0 fully saturated rings. The Morgan fingerprint density at radius 3 is 1.93 bits per heavy atom. The maximum atomic E-state index is 12.8. The number of ketones is 2. The van der Waals surface area contributed by atoms with Crippen molar-refractivity contribution in [1.29, 1.82) is 0 Å². The number of Topliss-reactive ketones (excluding diaryl/α,β-unsaturated/α-hetero) is 1. The van der Waals surface area contributed by atoms with Crippen molar-refractivity contribution >= 4 is 17.5 Å². The van der Waals surface area contributed by atoms with Gasteiger partial charge in [0.1, 0.15) is 0 Å². The molecule has 0 aromatic heterocycles. The third-order valence-electron chi connectivity index (χ3n) is 4.42. The lowest BCUT2D eigenvalue weighted by Gasteiger charge is -2.14. The maximum absolute atomic E-state index is 12.8. The molecule has 4 heteroatoms. The molecule has 0 heterocycles. The summed E-state index contributed by atoms with van der Waals surface area (Å²) < 4.78 is 5.37. The molecule has 3 aromatic carbocycles. The highest BCUT2D eigenvalue weighted by atomic mass is 16.5. The Hall–Kier alpha value is -3.53. The van der Waals surface area contributed by atoms with Gasteiger partial charge in [-0.15, -0.1) is 0 Å². The first-order valence-electron chi connectivity index (χ1n) is 8.98. The first kappa shape index (κ1) is 19.2. The van der Waals surface area contributed by atoms with Crippen molar-refractivity contribution in [2.24, 2.45) is 0 Å². The van der Waals surface area contributed by atoms with Crippen LogP contribution in [-0.4, -0.2) is 23.6 Å². The fraction of sp³-hybridized carbons (Fsp3) is 0.125. The van der Waals surface area contributed by atoms with Crippen molar-refractivity contribution < 1.29 is 19.1 Å². The van der Waals surface area contributed by atoms with E-state index < -0.39 is 12.1 Å². The number of carbonyl (C=O) groups is 3. The number of esters is 1. The molecule has 28 heavy (non-hydrogen) atoms. The average molecular weight is 372 g/mol. The van der Waals surface area contributed by atoms with Gasteiger partial charge in [0, 0.05) is 16.7 Å². The Kier molecular flexibility index (Phi) is 5.80. The lowest BCUT2D eigenvalue weighted by Crippen LogP contribution is -2.25. The van der Waals surface area contributed by atoms with Crippen molar-refractivity contribution in [3.63, 3.8) is 0 Å². The summed E-state index contributed by atoms with van der Waals surface area (Å²) in [6.45, 7) is 3.46. The van der Waals surface area contributed by atoms with Gasteiger partial charge in [-0.2, -0.15) is 0 Å². The smallest absolute Gasteiger partial charge is 0.339 e. The Bertz CT molecular complexity index is 1000. The molecule has 0 saturated carbocycles. The molecule has 3 rings (SSSR count). The van der Waals surface area contributed by atoms with Gasteiger partial charge >= 0.3 is 5.97 Å². The Morgan fingerprint density at radius 2 is 1.29 bits per heavy atom. The fourth-order valence-electron chi connectivity index (χ4n) is 2.83. The van der Waals surface area contributed by atoms with Crippen LogP contribution in [0.4, 0.5) is 0 Å². The van der Waals surface area contributed by atoms with Gasteiger partial charge in [0.05, 0.1) is 5.56 Å². The number of ether oxygens (including phenoxy) is 1. The quantitative estimate of drug-likeness (QED) is 0.467. The van der Waals surface area contributed by atoms with Crippen molar-refractivity contribution in [2.75, 3.05) is 0 Å². The average Bonchev–Trinajstić information content (AvgIpc) is 2.73. The van der Waals surface area contributed by atoms with Crippen molar-refractivity contribution in [3.8, 4) is 0 Å². The monoisotopic (exact) mass is 372 g/mol. The fourth-order valence-corrected chi connectivity index (χ4v) is 2.83. The second kappa shape index (κ2) is 8.44. The van der Waals surface area contributed by atoms with Gasteiger partial charge in [-0.1, -0.05) is 78.4 Å². The number of hydrogen-bond donors (Lipinski definition) is 0. The largest absolute Gasteiger partial charge is 0.451 e. The summed E-state index contributed by atoms with van der Waals surface area (Å²) in [5, 5.41) is 0. The molecule has 0 saturated heterocycles. The van der Waals surface area contributed by atoms with E-state index in [0.29, 0.717) is 11.1 Å². The Morgan fingerprint density at radius 1 is 0.714 bits per heavy atom. The summed E-state index contributed by atoms with van der Waals surface area (Å²) in [5.74, 6) is -1.27. The van der Waals surface area contributed by atoms with Crippen LogP contribution in [0.25, 0.3) is 0 Å². The molecule has 0 aliphatic heterocycles. The molecule has 0 aliphatic rings. The Labute approximate surface area is 163 Å². The minimum atomic E-state index is -0.963. The lowest BCUT2D eigenvalue weighted by atomic mass is 9.98. The van der Waals surface area contributed by atoms with Gasteiger partial charge in [-0.3, -0.25) is 9.59 Å². The predicted molar refractivity (Wildman–Crippen MR) is 107 cm³/mol. The first-order chi connectivity index (χ1) is 13.5. The van der Waals surface area contributed by atoms with Crippen LogP contribution in [-0.2, 0) is 4.74 Å². The summed E-state index contributed by atoms with van der Waals surface area (Å²) >= 11 is 0. The van der Waals surface area contributed by atoms with E-state index in [1.807, 2.05) is 25.1 Å². The predicted octanol–water partition coefficient (Wildman–Crippen LogP) is 4.65. The van der Waals surface area contributed by atoms with Crippen molar-refractivity contribution in [1.82, 2.24) is 0 Å². The van der Waals surface area contributed by atoms with Gasteiger partial charge in [0.15, 0.2) is 11.9 Å². The summed E-state index contributed by atoms with van der Waals surface area (Å²) in [5.41, 5.74) is 2.37. The second-order valence-corrected chi connectivity index (χ2v) is 6.52. The van der Waals surface area contributed by atoms with Gasteiger partial charge in [0.2, 0.25) is 5.78 Å². The number of carbonyl (C=O) groups excluding carboxylic acids is 3. The Balaban J connectivity index is 1.80. The van der Waals surface area contributed by atoms with E-state index in [-0.39, 0.29) is 22.7 Å². The maximum Gasteiger partial charge on any atom is 0.339 e. The van der Waals surface area contributed by atoms with E-state index in [1.54, 1.807) is 54.6 Å². The summed E-state index contributed by atoms with van der Waals surface area (Å²) in [7, 11) is 0. The second-order valence-electron chi connectivity index (χ2n) is 6.52. The molecule has 0 N–H and O–H groups in total. The van der Waals surface area contributed by atoms with Gasteiger partial charge in [-0.05, 0) is 19.9 Å². The van der Waals surface area contributed by atoms with E-state index in [4.69, 9.17) is 4.74 Å². The standard InChI is InChI=1S/C24H20O4/c1-16-12-14-19(15-13-16)22(25)17(2)28-24(27)21-11-7-6-10-20(21)23(26)18-8-4-3-5-9-18/h3-15,17H,1-2H3/t17-/m1/s1. The van der Waals surface area contributed by atoms with Crippen LogP contribution < -0.4 is 0 Å². The van der Waals surface area contributed by atoms with Crippen LogP contribution in [0, 0.1) is 6.92 Å². The zero-order valence-electron chi connectivity index (χ0n) is 15.7. The number of hydrogen-bond acceptors (Lipinski definition) is 4. The van der Waals surface area contributed by atoms with Crippen molar-refractivity contribution in [3.05, 3.63) is 107 Å². The molecule has 140 valence electrons. The minimum Gasteiger partial charge on any atom is -0.451 e. The summed E-state index contributed by atoms with van der Waals surface area (Å²) in [6, 6.07) is 22.2. The highest BCUT2D eigenvalue weighted by Gasteiger charge is 2.24. The number of benzene rings is 3. The minimum absolute atomic E-state index is 0.139. The molecular formula is C24H20O4. The topological polar surface area (TPSA) is 60.4 Å². The highest BCUT2D eigenvalue weighted by molar-refractivity contribution is 6.14. The van der Waals surface area contributed by atoms with E-state index in [2.05, 4.69) is 0 Å². The van der Waals surface area contributed by atoms with E-state index in [1.165, 1.54) is 13.0 Å². The molecule has 0 bridgehead atoms. The van der Waals surface area contributed by atoms with E-state index >= 15 is 0 Å². The lowest BCUT2D eigenvalue weighted by molar-refractivity contribution is 0.0317. The molecule has 0 amide bonds. The number of aryl methyl sites for hydroxylation is 1. The van der Waals surface area contributed by atoms with Crippen molar-refractivity contribution in [2.45, 2.75) is 20.0 Å². The third kappa shape index (κ3) is 4.23.